The van der Waals surface area contributed by atoms with Crippen LogP contribution < -0.4 is 5.32 Å². The molecule has 16 heteroatoms. The molecule has 2 amide bonds. The van der Waals surface area contributed by atoms with E-state index in [0.717, 1.165) is 0 Å². The van der Waals surface area contributed by atoms with Gasteiger partial charge in [-0.2, -0.15) is 0 Å². The zero-order valence-corrected chi connectivity index (χ0v) is 31.3. The van der Waals surface area contributed by atoms with E-state index in [-0.39, 0.29) is 44.1 Å². The van der Waals surface area contributed by atoms with Crippen molar-refractivity contribution in [2.24, 2.45) is 22.9 Å². The number of fused-ring (bicyclic) bond motifs is 1. The predicted octanol–water partition coefficient (Wildman–Crippen LogP) is 3.19. The highest BCUT2D eigenvalue weighted by Crippen LogP contribution is 2.39. The molecule has 0 bridgehead atoms. The zero-order valence-electron chi connectivity index (χ0n) is 31.3. The molecule has 0 aliphatic carbocycles. The molecular formula is C34H58N6O10. The van der Waals surface area contributed by atoms with Crippen LogP contribution in [0.1, 0.15) is 80.6 Å². The Labute approximate surface area is 295 Å². The number of hydrogen-bond donors (Lipinski definition) is 2. The molecule has 0 saturated carbocycles. The normalized spacial score (nSPS) is 39.1. The van der Waals surface area contributed by atoms with Crippen LogP contribution in [0.5, 0.6) is 0 Å². The van der Waals surface area contributed by atoms with E-state index in [1.165, 1.54) is 18.9 Å². The Morgan fingerprint density at radius 1 is 1.14 bits per heavy atom. The minimum absolute atomic E-state index is 0.142. The number of azide groups is 1. The topological polar surface area (TPSA) is 202 Å². The lowest BCUT2D eigenvalue weighted by Gasteiger charge is -2.46. The quantitative estimate of drug-likeness (QED) is 0.0842. The van der Waals surface area contributed by atoms with E-state index < -0.39 is 77.4 Å². The Bertz CT molecular complexity index is 1260. The van der Waals surface area contributed by atoms with Crippen LogP contribution in [0.15, 0.2) is 5.11 Å². The summed E-state index contributed by atoms with van der Waals surface area (Å²) in [7, 11) is 5.24. The molecule has 3 aliphatic heterocycles. The van der Waals surface area contributed by atoms with Crippen LogP contribution in [0.25, 0.3) is 10.4 Å². The molecule has 284 valence electrons. The minimum atomic E-state index is -1.57. The van der Waals surface area contributed by atoms with Gasteiger partial charge in [0.1, 0.15) is 18.1 Å². The SMILES string of the molecule is CC[C@H]1OC(=O)C(C)C(=O)[C@H](C)[C@@H](O[C@@H]2OC(C)CC(N(C)C)C2O)[C@](C)(OC)C[C@@H](C)CNC(=O)[C@H]2N(CCCCN=[N+]=[N-])C(=O)O[C@]12C. The highest BCUT2D eigenvalue weighted by molar-refractivity contribution is 6.00. The molecule has 4 unspecified atom stereocenters. The first-order valence-electron chi connectivity index (χ1n) is 17.7. The highest BCUT2D eigenvalue weighted by atomic mass is 16.7. The van der Waals surface area contributed by atoms with Crippen molar-refractivity contribution in [3.8, 4) is 0 Å². The van der Waals surface area contributed by atoms with Crippen molar-refractivity contribution in [3.63, 3.8) is 0 Å². The second-order valence-electron chi connectivity index (χ2n) is 14.8. The number of aliphatic hydroxyl groups excluding tert-OH is 1. The largest absolute Gasteiger partial charge is 0.457 e. The van der Waals surface area contributed by atoms with Crippen LogP contribution in [-0.4, -0.2) is 133 Å². The number of ketones is 1. The minimum Gasteiger partial charge on any atom is -0.457 e. The van der Waals surface area contributed by atoms with Gasteiger partial charge in [0, 0.05) is 43.6 Å². The van der Waals surface area contributed by atoms with Gasteiger partial charge in [-0.1, -0.05) is 25.9 Å². The Kier molecular flexibility index (Phi) is 14.5. The molecule has 3 heterocycles. The van der Waals surface area contributed by atoms with E-state index in [1.807, 2.05) is 32.8 Å². The second kappa shape index (κ2) is 17.5. The molecule has 16 nitrogen and oxygen atoms in total. The van der Waals surface area contributed by atoms with E-state index in [9.17, 15) is 24.3 Å². The van der Waals surface area contributed by atoms with Crippen molar-refractivity contribution < 1.29 is 48.0 Å². The summed E-state index contributed by atoms with van der Waals surface area (Å²) in [6, 6.07) is -1.42. The number of ether oxygens (including phenoxy) is 5. The van der Waals surface area contributed by atoms with Gasteiger partial charge in [0.25, 0.3) is 0 Å². The Morgan fingerprint density at radius 2 is 1.82 bits per heavy atom. The molecule has 0 aromatic rings. The van der Waals surface area contributed by atoms with Crippen molar-refractivity contribution in [3.05, 3.63) is 10.4 Å². The standard InChI is InChI=1S/C34H58N6O10/c1-11-24-34(7)27(40(32(45)50-34)15-13-12-14-37-38-35)29(43)36-18-19(2)17-33(6,46-10)28(21(4)25(41)22(5)30(44)48-24)49-31-26(42)23(39(8)9)16-20(3)47-31/h19-24,26-28,31,42H,11-18H2,1-10H3,(H,36,43)/t19-,20?,21+,22?,23?,24-,26?,27-,28-,31+,33-,34-/m1/s1. The molecule has 0 aromatic carbocycles. The van der Waals surface area contributed by atoms with Crippen LogP contribution in [0.2, 0.25) is 0 Å². The lowest BCUT2D eigenvalue weighted by Crippen LogP contribution is -2.59. The number of aliphatic hydroxyl groups is 1. The smallest absolute Gasteiger partial charge is 0.411 e. The first-order valence-corrected chi connectivity index (χ1v) is 17.7. The molecule has 3 rings (SSSR count). The fourth-order valence-corrected chi connectivity index (χ4v) is 7.64. The molecule has 2 N–H and O–H groups in total. The number of likely N-dealkylation sites (N-methyl/N-ethyl adjacent to an activating group) is 1. The number of rotatable bonds is 10. The fourth-order valence-electron chi connectivity index (χ4n) is 7.64. The number of amides is 2. The van der Waals surface area contributed by atoms with E-state index in [0.29, 0.717) is 25.7 Å². The monoisotopic (exact) mass is 710 g/mol. The van der Waals surface area contributed by atoms with E-state index >= 15 is 0 Å². The number of unbranched alkanes of at least 4 members (excludes halogenated alkanes) is 1. The summed E-state index contributed by atoms with van der Waals surface area (Å²) in [5.41, 5.74) is 5.88. The third-order valence-corrected chi connectivity index (χ3v) is 10.6. The van der Waals surface area contributed by atoms with E-state index in [2.05, 4.69) is 15.3 Å². The van der Waals surface area contributed by atoms with Gasteiger partial charge in [0.2, 0.25) is 5.91 Å². The van der Waals surface area contributed by atoms with E-state index in [1.54, 1.807) is 27.7 Å². The summed E-state index contributed by atoms with van der Waals surface area (Å²) >= 11 is 0. The fraction of sp³-hybridized carbons (Fsp3) is 0.882. The number of carbonyl (C=O) groups is 4. The van der Waals surface area contributed by atoms with Crippen LogP contribution in [0.3, 0.4) is 0 Å². The van der Waals surface area contributed by atoms with Gasteiger partial charge in [-0.3, -0.25) is 19.3 Å². The third kappa shape index (κ3) is 9.07. The first kappa shape index (κ1) is 41.4. The Hall–Kier alpha value is -3.01. The second-order valence-corrected chi connectivity index (χ2v) is 14.8. The molecule has 12 atom stereocenters. The molecule has 3 aliphatic rings. The van der Waals surface area contributed by atoms with Crippen molar-refractivity contribution in [2.45, 2.75) is 135 Å². The van der Waals surface area contributed by atoms with Crippen LogP contribution in [0.4, 0.5) is 4.79 Å². The van der Waals surface area contributed by atoms with Crippen molar-refractivity contribution in [1.82, 2.24) is 15.1 Å². The van der Waals surface area contributed by atoms with Crippen LogP contribution >= 0.6 is 0 Å². The lowest BCUT2D eigenvalue weighted by atomic mass is 9.78. The van der Waals surface area contributed by atoms with Crippen molar-refractivity contribution in [1.29, 1.82) is 0 Å². The Morgan fingerprint density at radius 3 is 2.42 bits per heavy atom. The maximum Gasteiger partial charge on any atom is 0.411 e. The van der Waals surface area contributed by atoms with Gasteiger partial charge in [0.05, 0.1) is 17.8 Å². The van der Waals surface area contributed by atoms with Crippen LogP contribution in [0, 0.1) is 17.8 Å². The molecule has 0 radical (unpaired) electrons. The number of cyclic esters (lactones) is 1. The van der Waals surface area contributed by atoms with Crippen molar-refractivity contribution in [2.75, 3.05) is 40.8 Å². The van der Waals surface area contributed by atoms with Gasteiger partial charge < -0.3 is 39.0 Å². The summed E-state index contributed by atoms with van der Waals surface area (Å²) in [6.45, 7) is 12.6. The number of Topliss-reactive ketones (excluding diaryl/α,β-unsaturated/α-hetero) is 1. The molecule has 50 heavy (non-hydrogen) atoms. The number of nitrogens with one attached hydrogen (secondary N) is 1. The molecule has 0 spiro atoms. The molecular weight excluding hydrogens is 652 g/mol. The summed E-state index contributed by atoms with van der Waals surface area (Å²) in [4.78, 5) is 61.2. The highest BCUT2D eigenvalue weighted by Gasteiger charge is 2.60. The maximum absolute atomic E-state index is 14.2. The van der Waals surface area contributed by atoms with Gasteiger partial charge >= 0.3 is 12.1 Å². The summed E-state index contributed by atoms with van der Waals surface area (Å²) in [5, 5.41) is 17.8. The van der Waals surface area contributed by atoms with E-state index in [4.69, 9.17) is 29.2 Å². The van der Waals surface area contributed by atoms with Gasteiger partial charge in [-0.05, 0) is 85.3 Å². The van der Waals surface area contributed by atoms with Crippen LogP contribution in [-0.2, 0) is 38.1 Å². The van der Waals surface area contributed by atoms with Gasteiger partial charge in [-0.15, -0.1) is 0 Å². The van der Waals surface area contributed by atoms with Gasteiger partial charge in [0.15, 0.2) is 23.7 Å². The number of methoxy groups -OCH3 is 1. The first-order chi connectivity index (χ1) is 23.4. The Balaban J connectivity index is 2.03. The maximum atomic E-state index is 14.2. The van der Waals surface area contributed by atoms with Crippen molar-refractivity contribution >= 4 is 23.8 Å². The summed E-state index contributed by atoms with van der Waals surface area (Å²) < 4.78 is 30.5. The summed E-state index contributed by atoms with van der Waals surface area (Å²) in [6.07, 6.45) is -3.15. The number of esters is 1. The van der Waals surface area contributed by atoms with Gasteiger partial charge in [-0.25, -0.2) is 4.79 Å². The zero-order chi connectivity index (χ0) is 37.6. The number of nitrogens with zero attached hydrogens (tertiary/aromatic N) is 5. The predicted molar refractivity (Wildman–Crippen MR) is 182 cm³/mol. The molecule has 3 fully saturated rings. The summed E-state index contributed by atoms with van der Waals surface area (Å²) in [5.74, 6) is -4.21. The average molecular weight is 711 g/mol. The molecule has 3 saturated heterocycles. The average Bonchev–Trinajstić information content (AvgIpc) is 3.33. The molecule has 0 aromatic heterocycles. The lowest BCUT2D eigenvalue weighted by molar-refractivity contribution is -0.295. The number of carbonyl (C=O) groups excluding carboxylic acids is 4. The number of hydrogen-bond acceptors (Lipinski definition) is 12. The third-order valence-electron chi connectivity index (χ3n) is 10.6.